The number of hydrogen-bond acceptors (Lipinski definition) is 5. The van der Waals surface area contributed by atoms with E-state index >= 15 is 0 Å². The Bertz CT molecular complexity index is 977. The molecule has 0 aliphatic heterocycles. The van der Waals surface area contributed by atoms with Crippen LogP contribution in [0.1, 0.15) is 29.0 Å². The molecule has 0 radical (unpaired) electrons. The van der Waals surface area contributed by atoms with Crippen molar-refractivity contribution >= 4 is 23.0 Å². The fourth-order valence-corrected chi connectivity index (χ4v) is 2.84. The number of carbonyl (C=O) groups is 1. The molecule has 7 nitrogen and oxygen atoms in total. The minimum absolute atomic E-state index is 0.157. The molecule has 142 valence electrons. The second kappa shape index (κ2) is 8.30. The summed E-state index contributed by atoms with van der Waals surface area (Å²) >= 11 is 0. The molecule has 1 unspecified atom stereocenters. The van der Waals surface area contributed by atoms with E-state index in [-0.39, 0.29) is 23.2 Å². The molecule has 28 heavy (non-hydrogen) atoms. The van der Waals surface area contributed by atoms with Gasteiger partial charge < -0.3 is 10.2 Å². The molecule has 1 N–H and O–H groups in total. The molecule has 2 aromatic carbocycles. The zero-order valence-corrected chi connectivity index (χ0v) is 15.6. The summed E-state index contributed by atoms with van der Waals surface area (Å²) in [4.78, 5) is 29.6. The highest BCUT2D eigenvalue weighted by atomic mass is 16.6. The van der Waals surface area contributed by atoms with Crippen LogP contribution in [0.5, 0.6) is 0 Å². The molecule has 1 amide bonds. The quantitative estimate of drug-likeness (QED) is 0.507. The first-order valence-corrected chi connectivity index (χ1v) is 8.76. The smallest absolute Gasteiger partial charge is 0.293 e. The van der Waals surface area contributed by atoms with Crippen molar-refractivity contribution in [1.82, 2.24) is 4.98 Å². The van der Waals surface area contributed by atoms with E-state index < -0.39 is 4.92 Å². The van der Waals surface area contributed by atoms with Crippen LogP contribution in [0.2, 0.25) is 0 Å². The van der Waals surface area contributed by atoms with Gasteiger partial charge in [0, 0.05) is 30.6 Å². The number of amides is 1. The van der Waals surface area contributed by atoms with Crippen LogP contribution in [0.25, 0.3) is 0 Å². The van der Waals surface area contributed by atoms with Crippen LogP contribution >= 0.6 is 0 Å². The van der Waals surface area contributed by atoms with E-state index in [0.717, 1.165) is 5.69 Å². The minimum Gasteiger partial charge on any atom is -0.371 e. The highest BCUT2D eigenvalue weighted by Crippen LogP contribution is 2.29. The van der Waals surface area contributed by atoms with Gasteiger partial charge in [-0.3, -0.25) is 19.9 Å². The molecular weight excluding hydrogens is 356 g/mol. The number of aromatic nitrogens is 1. The van der Waals surface area contributed by atoms with E-state index in [1.807, 2.05) is 43.3 Å². The summed E-state index contributed by atoms with van der Waals surface area (Å²) in [7, 11) is 1.64. The maximum Gasteiger partial charge on any atom is 0.293 e. The first-order valence-electron chi connectivity index (χ1n) is 8.76. The number of anilines is 2. The van der Waals surface area contributed by atoms with Gasteiger partial charge in [-0.15, -0.1) is 0 Å². The Hall–Kier alpha value is -3.74. The van der Waals surface area contributed by atoms with Crippen molar-refractivity contribution in [2.75, 3.05) is 17.3 Å². The van der Waals surface area contributed by atoms with Crippen LogP contribution in [0, 0.1) is 10.1 Å². The molecule has 1 heterocycles. The largest absolute Gasteiger partial charge is 0.371 e. The zero-order chi connectivity index (χ0) is 20.1. The lowest BCUT2D eigenvalue weighted by Gasteiger charge is -2.18. The van der Waals surface area contributed by atoms with E-state index in [4.69, 9.17) is 0 Å². The van der Waals surface area contributed by atoms with Crippen molar-refractivity contribution in [3.8, 4) is 0 Å². The van der Waals surface area contributed by atoms with E-state index in [1.165, 1.54) is 11.0 Å². The van der Waals surface area contributed by atoms with Crippen molar-refractivity contribution in [2.24, 2.45) is 0 Å². The van der Waals surface area contributed by atoms with Gasteiger partial charge in [0.25, 0.3) is 11.6 Å². The second-order valence-corrected chi connectivity index (χ2v) is 6.31. The molecule has 1 aromatic heterocycles. The lowest BCUT2D eigenvalue weighted by molar-refractivity contribution is -0.384. The van der Waals surface area contributed by atoms with Crippen molar-refractivity contribution in [3.05, 3.63) is 94.3 Å². The van der Waals surface area contributed by atoms with Crippen LogP contribution in [0.4, 0.5) is 17.1 Å². The summed E-state index contributed by atoms with van der Waals surface area (Å²) in [5.74, 6) is -0.321. The Labute approximate surface area is 162 Å². The molecule has 0 bridgehead atoms. The molecule has 7 heteroatoms. The summed E-state index contributed by atoms with van der Waals surface area (Å²) in [6.07, 6.45) is 1.67. The maximum atomic E-state index is 12.7. The highest BCUT2D eigenvalue weighted by Gasteiger charge is 2.21. The summed E-state index contributed by atoms with van der Waals surface area (Å²) in [5.41, 5.74) is 1.90. The Morgan fingerprint density at radius 3 is 2.46 bits per heavy atom. The van der Waals surface area contributed by atoms with Gasteiger partial charge in [-0.05, 0) is 43.3 Å². The molecule has 0 spiro atoms. The lowest BCUT2D eigenvalue weighted by Crippen LogP contribution is -2.26. The van der Waals surface area contributed by atoms with Crippen LogP contribution < -0.4 is 10.2 Å². The SMILES string of the molecule is CC(Nc1ccc(C(=O)N(C)c2ccccc2)cc1[N+](=O)[O-])c1ccccn1. The van der Waals surface area contributed by atoms with Gasteiger partial charge in [0.05, 0.1) is 16.7 Å². The first kappa shape index (κ1) is 19.0. The number of nitro groups is 1. The molecule has 0 aliphatic rings. The average Bonchev–Trinajstić information content (AvgIpc) is 2.74. The van der Waals surface area contributed by atoms with Gasteiger partial charge in [-0.1, -0.05) is 24.3 Å². The van der Waals surface area contributed by atoms with Gasteiger partial charge in [-0.25, -0.2) is 0 Å². The summed E-state index contributed by atoms with van der Waals surface area (Å²) in [6.45, 7) is 1.87. The Morgan fingerprint density at radius 1 is 1.11 bits per heavy atom. The number of nitrogens with one attached hydrogen (secondary N) is 1. The van der Waals surface area contributed by atoms with Gasteiger partial charge in [-0.2, -0.15) is 0 Å². The number of rotatable bonds is 6. The fourth-order valence-electron chi connectivity index (χ4n) is 2.84. The second-order valence-electron chi connectivity index (χ2n) is 6.31. The summed E-state index contributed by atoms with van der Waals surface area (Å²) in [5, 5.41) is 14.7. The monoisotopic (exact) mass is 376 g/mol. The zero-order valence-electron chi connectivity index (χ0n) is 15.6. The highest BCUT2D eigenvalue weighted by molar-refractivity contribution is 6.06. The third-order valence-corrected chi connectivity index (χ3v) is 4.39. The number of benzene rings is 2. The number of para-hydroxylation sites is 1. The molecule has 0 saturated carbocycles. The van der Waals surface area contributed by atoms with E-state index in [2.05, 4.69) is 10.3 Å². The van der Waals surface area contributed by atoms with Crippen LogP contribution in [0.3, 0.4) is 0 Å². The van der Waals surface area contributed by atoms with Crippen molar-refractivity contribution in [2.45, 2.75) is 13.0 Å². The van der Waals surface area contributed by atoms with E-state index in [1.54, 1.807) is 37.5 Å². The van der Waals surface area contributed by atoms with Crippen LogP contribution in [0.15, 0.2) is 72.9 Å². The van der Waals surface area contributed by atoms with Crippen LogP contribution in [-0.2, 0) is 0 Å². The van der Waals surface area contributed by atoms with E-state index in [9.17, 15) is 14.9 Å². The molecule has 0 aliphatic carbocycles. The third kappa shape index (κ3) is 4.15. The van der Waals surface area contributed by atoms with Crippen LogP contribution in [-0.4, -0.2) is 22.9 Å². The third-order valence-electron chi connectivity index (χ3n) is 4.39. The summed E-state index contributed by atoms with van der Waals surface area (Å²) in [6, 6.07) is 18.8. The molecule has 0 saturated heterocycles. The van der Waals surface area contributed by atoms with E-state index in [0.29, 0.717) is 11.4 Å². The Balaban J connectivity index is 1.87. The topological polar surface area (TPSA) is 88.4 Å². The molecule has 1 atom stereocenters. The van der Waals surface area contributed by atoms with Crippen molar-refractivity contribution in [1.29, 1.82) is 0 Å². The molecule has 3 aromatic rings. The maximum absolute atomic E-state index is 12.7. The number of nitrogens with zero attached hydrogens (tertiary/aromatic N) is 3. The minimum atomic E-state index is -0.493. The number of pyridine rings is 1. The van der Waals surface area contributed by atoms with Crippen molar-refractivity contribution in [3.63, 3.8) is 0 Å². The van der Waals surface area contributed by atoms with Gasteiger partial charge >= 0.3 is 0 Å². The summed E-state index contributed by atoms with van der Waals surface area (Å²) < 4.78 is 0. The standard InChI is InChI=1S/C21H20N4O3/c1-15(18-10-6-7-13-22-18)23-19-12-11-16(14-20(19)25(27)28)21(26)24(2)17-8-4-3-5-9-17/h3-15,23H,1-2H3. The van der Waals surface area contributed by atoms with Gasteiger partial charge in [0.2, 0.25) is 0 Å². The molecular formula is C21H20N4O3. The van der Waals surface area contributed by atoms with Crippen molar-refractivity contribution < 1.29 is 9.72 Å². The lowest BCUT2D eigenvalue weighted by atomic mass is 10.1. The number of carbonyl (C=O) groups excluding carboxylic acids is 1. The Morgan fingerprint density at radius 2 is 1.82 bits per heavy atom. The van der Waals surface area contributed by atoms with Gasteiger partial charge in [0.15, 0.2) is 0 Å². The Kier molecular flexibility index (Phi) is 5.64. The number of nitro benzene ring substituents is 1. The first-order chi connectivity index (χ1) is 13.5. The average molecular weight is 376 g/mol. The number of hydrogen-bond donors (Lipinski definition) is 1. The molecule has 3 rings (SSSR count). The molecule has 0 fully saturated rings. The van der Waals surface area contributed by atoms with Gasteiger partial charge in [0.1, 0.15) is 5.69 Å². The predicted octanol–water partition coefficient (Wildman–Crippen LogP) is 4.44. The fraction of sp³-hybridized carbons (Fsp3) is 0.143. The normalized spacial score (nSPS) is 11.5. The predicted molar refractivity (Wildman–Crippen MR) is 109 cm³/mol.